The lowest BCUT2D eigenvalue weighted by Gasteiger charge is -2.42. The fraction of sp³-hybridized carbons (Fsp3) is 0.600. The first kappa shape index (κ1) is 12.0. The van der Waals surface area contributed by atoms with Crippen LogP contribution in [0.15, 0.2) is 18.2 Å². The Kier molecular flexibility index (Phi) is 2.81. The van der Waals surface area contributed by atoms with Crippen molar-refractivity contribution in [2.24, 2.45) is 5.92 Å². The Labute approximate surface area is 107 Å². The molecule has 2 unspecified atom stereocenters. The second kappa shape index (κ2) is 4.23. The number of fused-ring (bicyclic) bond motifs is 1. The first-order chi connectivity index (χ1) is 8.64. The van der Waals surface area contributed by atoms with Gasteiger partial charge in [-0.1, -0.05) is 6.92 Å². The van der Waals surface area contributed by atoms with E-state index < -0.39 is 6.10 Å². The summed E-state index contributed by atoms with van der Waals surface area (Å²) in [5.41, 5.74) is 0.376. The molecule has 1 aliphatic heterocycles. The quantitative estimate of drug-likeness (QED) is 0.825. The van der Waals surface area contributed by atoms with Crippen LogP contribution in [0.2, 0.25) is 0 Å². The summed E-state index contributed by atoms with van der Waals surface area (Å²) in [4.78, 5) is 0. The lowest BCUT2D eigenvalue weighted by molar-refractivity contribution is -0.0412. The Balaban J connectivity index is 1.98. The van der Waals surface area contributed by atoms with Gasteiger partial charge < -0.3 is 9.84 Å². The standard InChI is InChI=1S/C15H19FO2/c1-2-10-4-3-7-15(10)9-13(17)12-8-11(16)5-6-14(12)18-15/h5-6,8,10,13,17H,2-4,7,9H2,1H3/t10?,13-,15?/m0/s1. The zero-order chi connectivity index (χ0) is 12.8. The number of halogens is 1. The van der Waals surface area contributed by atoms with Crippen LogP contribution in [-0.2, 0) is 0 Å². The van der Waals surface area contributed by atoms with E-state index in [0.717, 1.165) is 19.3 Å². The molecule has 1 spiro atoms. The maximum absolute atomic E-state index is 13.2. The summed E-state index contributed by atoms with van der Waals surface area (Å²) < 4.78 is 19.4. The molecule has 2 nitrogen and oxygen atoms in total. The average Bonchev–Trinajstić information content (AvgIpc) is 2.72. The molecule has 1 aromatic rings. The highest BCUT2D eigenvalue weighted by molar-refractivity contribution is 5.39. The average molecular weight is 250 g/mol. The van der Waals surface area contributed by atoms with Gasteiger partial charge in [0.05, 0.1) is 6.10 Å². The van der Waals surface area contributed by atoms with E-state index in [9.17, 15) is 9.50 Å². The van der Waals surface area contributed by atoms with Crippen LogP contribution in [0.25, 0.3) is 0 Å². The predicted molar refractivity (Wildman–Crippen MR) is 67.0 cm³/mol. The number of rotatable bonds is 1. The van der Waals surface area contributed by atoms with Crippen LogP contribution in [0.5, 0.6) is 5.75 Å². The second-order valence-corrected chi connectivity index (χ2v) is 5.57. The molecular formula is C15H19FO2. The highest BCUT2D eigenvalue weighted by atomic mass is 19.1. The summed E-state index contributed by atoms with van der Waals surface area (Å²) in [5, 5.41) is 10.3. The van der Waals surface area contributed by atoms with Crippen LogP contribution < -0.4 is 4.74 Å². The van der Waals surface area contributed by atoms with Crippen LogP contribution in [0, 0.1) is 11.7 Å². The maximum Gasteiger partial charge on any atom is 0.126 e. The normalized spacial score (nSPS) is 34.4. The van der Waals surface area contributed by atoms with Crippen LogP contribution in [0.1, 0.15) is 50.7 Å². The highest BCUT2D eigenvalue weighted by Gasteiger charge is 2.48. The zero-order valence-electron chi connectivity index (χ0n) is 10.7. The number of aliphatic hydroxyl groups is 1. The number of benzene rings is 1. The van der Waals surface area contributed by atoms with Gasteiger partial charge in [-0.25, -0.2) is 4.39 Å². The largest absolute Gasteiger partial charge is 0.486 e. The minimum Gasteiger partial charge on any atom is -0.486 e. The molecule has 2 aliphatic rings. The van der Waals surface area contributed by atoms with Gasteiger partial charge >= 0.3 is 0 Å². The van der Waals surface area contributed by atoms with Crippen molar-refractivity contribution in [3.8, 4) is 5.75 Å². The third kappa shape index (κ3) is 1.72. The van der Waals surface area contributed by atoms with E-state index in [-0.39, 0.29) is 11.4 Å². The van der Waals surface area contributed by atoms with Crippen molar-refractivity contribution in [3.05, 3.63) is 29.6 Å². The molecule has 1 N–H and O–H groups in total. The third-order valence-corrected chi connectivity index (χ3v) is 4.57. The molecule has 0 bridgehead atoms. The molecule has 0 amide bonds. The van der Waals surface area contributed by atoms with Crippen molar-refractivity contribution in [1.29, 1.82) is 0 Å². The van der Waals surface area contributed by atoms with Crippen LogP contribution >= 0.6 is 0 Å². The molecular weight excluding hydrogens is 231 g/mol. The summed E-state index contributed by atoms with van der Waals surface area (Å²) in [6.45, 7) is 2.17. The van der Waals surface area contributed by atoms with Crippen molar-refractivity contribution in [1.82, 2.24) is 0 Å². The number of aliphatic hydroxyl groups excluding tert-OH is 1. The molecule has 98 valence electrons. The van der Waals surface area contributed by atoms with Gasteiger partial charge in [0.2, 0.25) is 0 Å². The van der Waals surface area contributed by atoms with Gasteiger partial charge in [-0.15, -0.1) is 0 Å². The van der Waals surface area contributed by atoms with Gasteiger partial charge in [0.15, 0.2) is 0 Å². The topological polar surface area (TPSA) is 29.5 Å². The van der Waals surface area contributed by atoms with E-state index in [1.807, 2.05) is 0 Å². The number of hydrogen-bond acceptors (Lipinski definition) is 2. The molecule has 3 atom stereocenters. The van der Waals surface area contributed by atoms with Gasteiger partial charge in [-0.05, 0) is 49.8 Å². The summed E-state index contributed by atoms with van der Waals surface area (Å²) in [6, 6.07) is 4.45. The summed E-state index contributed by atoms with van der Waals surface area (Å²) in [6.07, 6.45) is 4.39. The first-order valence-corrected chi connectivity index (χ1v) is 6.81. The molecule has 0 saturated heterocycles. The van der Waals surface area contributed by atoms with Crippen LogP contribution in [0.3, 0.4) is 0 Å². The molecule has 3 rings (SSSR count). The van der Waals surface area contributed by atoms with Gasteiger partial charge in [0.25, 0.3) is 0 Å². The molecule has 1 aliphatic carbocycles. The summed E-state index contributed by atoms with van der Waals surface area (Å²) in [5.74, 6) is 0.853. The maximum atomic E-state index is 13.2. The van der Waals surface area contributed by atoms with E-state index in [1.54, 1.807) is 6.07 Å². The number of ether oxygens (including phenoxy) is 1. The van der Waals surface area contributed by atoms with Gasteiger partial charge in [0.1, 0.15) is 17.2 Å². The molecule has 1 fully saturated rings. The van der Waals surface area contributed by atoms with Crippen molar-refractivity contribution < 1.29 is 14.2 Å². The SMILES string of the molecule is CCC1CCCC12C[C@H](O)c1cc(F)ccc1O2. The Morgan fingerprint density at radius 1 is 1.50 bits per heavy atom. The van der Waals surface area contributed by atoms with E-state index in [0.29, 0.717) is 23.7 Å². The summed E-state index contributed by atoms with van der Waals surface area (Å²) >= 11 is 0. The Morgan fingerprint density at radius 2 is 2.33 bits per heavy atom. The highest BCUT2D eigenvalue weighted by Crippen LogP contribution is 2.50. The smallest absolute Gasteiger partial charge is 0.126 e. The fourth-order valence-electron chi connectivity index (χ4n) is 3.66. The molecule has 1 heterocycles. The van der Waals surface area contributed by atoms with Crippen molar-refractivity contribution in [2.75, 3.05) is 0 Å². The fourth-order valence-corrected chi connectivity index (χ4v) is 3.66. The van der Waals surface area contributed by atoms with E-state index in [1.165, 1.54) is 18.6 Å². The van der Waals surface area contributed by atoms with Gasteiger partial charge in [-0.2, -0.15) is 0 Å². The Bertz CT molecular complexity index is 460. The van der Waals surface area contributed by atoms with Crippen molar-refractivity contribution in [3.63, 3.8) is 0 Å². The van der Waals surface area contributed by atoms with E-state index in [2.05, 4.69) is 6.92 Å². The third-order valence-electron chi connectivity index (χ3n) is 4.57. The molecule has 1 saturated carbocycles. The Hall–Kier alpha value is -1.09. The van der Waals surface area contributed by atoms with E-state index >= 15 is 0 Å². The van der Waals surface area contributed by atoms with Crippen LogP contribution in [0.4, 0.5) is 4.39 Å². The molecule has 3 heteroatoms. The monoisotopic (exact) mass is 250 g/mol. The second-order valence-electron chi connectivity index (χ2n) is 5.57. The lowest BCUT2D eigenvalue weighted by atomic mass is 9.80. The first-order valence-electron chi connectivity index (χ1n) is 6.81. The van der Waals surface area contributed by atoms with Gasteiger partial charge in [0, 0.05) is 12.0 Å². The molecule has 0 aromatic heterocycles. The minimum atomic E-state index is -0.600. The minimum absolute atomic E-state index is 0.223. The molecule has 18 heavy (non-hydrogen) atoms. The van der Waals surface area contributed by atoms with E-state index in [4.69, 9.17) is 4.74 Å². The van der Waals surface area contributed by atoms with Crippen LogP contribution in [-0.4, -0.2) is 10.7 Å². The summed E-state index contributed by atoms with van der Waals surface area (Å²) in [7, 11) is 0. The predicted octanol–water partition coefficient (Wildman–Crippen LogP) is 3.59. The lowest BCUT2D eigenvalue weighted by Crippen LogP contribution is -2.44. The number of hydrogen-bond donors (Lipinski definition) is 1. The zero-order valence-corrected chi connectivity index (χ0v) is 10.7. The molecule has 0 radical (unpaired) electrons. The van der Waals surface area contributed by atoms with Crippen molar-refractivity contribution in [2.45, 2.75) is 50.7 Å². The van der Waals surface area contributed by atoms with Crippen molar-refractivity contribution >= 4 is 0 Å². The Morgan fingerprint density at radius 3 is 3.11 bits per heavy atom. The van der Waals surface area contributed by atoms with Gasteiger partial charge in [-0.3, -0.25) is 0 Å². The molecule has 1 aromatic carbocycles.